The fraction of sp³-hybridized carbons (Fsp3) is 0.667. The molecule has 1 heterocycles. The Kier molecular flexibility index (Phi) is 3.50. The topological polar surface area (TPSA) is 25.8 Å². The Labute approximate surface area is 99.3 Å². The molecule has 0 amide bonds. The van der Waals surface area contributed by atoms with Crippen molar-refractivity contribution < 1.29 is 13.2 Å². The van der Waals surface area contributed by atoms with Crippen molar-refractivity contribution in [2.45, 2.75) is 52.1 Å². The maximum atomic E-state index is 12.9. The lowest BCUT2D eigenvalue weighted by atomic mass is 9.90. The van der Waals surface area contributed by atoms with Gasteiger partial charge in [-0.3, -0.25) is 0 Å². The van der Waals surface area contributed by atoms with Gasteiger partial charge in [0.15, 0.2) is 0 Å². The van der Waals surface area contributed by atoms with Crippen molar-refractivity contribution >= 4 is 0 Å². The van der Waals surface area contributed by atoms with Gasteiger partial charge in [-0.25, -0.2) is 0 Å². The molecular formula is C12H17F3N2. The summed E-state index contributed by atoms with van der Waals surface area (Å²) in [6.07, 6.45) is -4.38. The van der Waals surface area contributed by atoms with Crippen LogP contribution in [0.5, 0.6) is 0 Å². The molecule has 0 aromatic carbocycles. The molecule has 96 valence electrons. The summed E-state index contributed by atoms with van der Waals surface area (Å²) in [7, 11) is 0. The molecule has 0 unspecified atom stereocenters. The molecule has 1 aromatic rings. The summed E-state index contributed by atoms with van der Waals surface area (Å²) in [5.41, 5.74) is -0.755. The molecule has 0 aliphatic heterocycles. The first-order chi connectivity index (χ1) is 7.53. The minimum Gasteiger partial charge on any atom is -0.166 e. The number of hydrogen-bond donors (Lipinski definition) is 0. The number of halogens is 3. The van der Waals surface area contributed by atoms with Gasteiger partial charge in [-0.2, -0.15) is 23.4 Å². The molecule has 2 nitrogen and oxygen atoms in total. The molecule has 0 saturated heterocycles. The fourth-order valence-corrected chi connectivity index (χ4v) is 1.42. The van der Waals surface area contributed by atoms with E-state index in [4.69, 9.17) is 0 Å². The Morgan fingerprint density at radius 3 is 1.94 bits per heavy atom. The molecule has 0 atom stereocenters. The highest BCUT2D eigenvalue weighted by Crippen LogP contribution is 2.35. The van der Waals surface area contributed by atoms with Crippen LogP contribution in [0.2, 0.25) is 0 Å². The maximum Gasteiger partial charge on any atom is 0.418 e. The van der Waals surface area contributed by atoms with Crippen LogP contribution < -0.4 is 0 Å². The van der Waals surface area contributed by atoms with Crippen LogP contribution >= 0.6 is 0 Å². The molecule has 0 N–H and O–H groups in total. The largest absolute Gasteiger partial charge is 0.418 e. The average Bonchev–Trinajstić information content (AvgIpc) is 2.14. The van der Waals surface area contributed by atoms with Crippen molar-refractivity contribution in [2.75, 3.05) is 0 Å². The van der Waals surface area contributed by atoms with E-state index < -0.39 is 17.2 Å². The van der Waals surface area contributed by atoms with Gasteiger partial charge in [-0.05, 0) is 12.0 Å². The SMILES string of the molecule is CC(C)c1nnc(C(C)(C)C)cc1C(F)(F)F. The minimum atomic E-state index is -4.38. The Bertz CT molecular complexity index is 403. The number of alkyl halides is 3. The quantitative estimate of drug-likeness (QED) is 0.750. The van der Waals surface area contributed by atoms with Crippen LogP contribution in [0.15, 0.2) is 6.07 Å². The summed E-state index contributed by atoms with van der Waals surface area (Å²) >= 11 is 0. The molecule has 0 saturated carbocycles. The van der Waals surface area contributed by atoms with Crippen LogP contribution in [-0.4, -0.2) is 10.2 Å². The van der Waals surface area contributed by atoms with Gasteiger partial charge in [-0.15, -0.1) is 0 Å². The highest BCUT2D eigenvalue weighted by molar-refractivity contribution is 5.29. The number of rotatable bonds is 1. The van der Waals surface area contributed by atoms with Gasteiger partial charge in [0, 0.05) is 5.41 Å². The van der Waals surface area contributed by atoms with Gasteiger partial charge in [-0.1, -0.05) is 34.6 Å². The predicted molar refractivity (Wildman–Crippen MR) is 59.8 cm³/mol. The van der Waals surface area contributed by atoms with Gasteiger partial charge in [0.1, 0.15) is 0 Å². The summed E-state index contributed by atoms with van der Waals surface area (Å²) in [5.74, 6) is -0.298. The molecule has 0 fully saturated rings. The second-order valence-electron chi connectivity index (χ2n) is 5.43. The third kappa shape index (κ3) is 3.17. The Hall–Kier alpha value is -1.13. The fourth-order valence-electron chi connectivity index (χ4n) is 1.42. The van der Waals surface area contributed by atoms with Crippen LogP contribution in [0.4, 0.5) is 13.2 Å². The van der Waals surface area contributed by atoms with E-state index in [1.165, 1.54) is 0 Å². The van der Waals surface area contributed by atoms with Crippen molar-refractivity contribution in [3.8, 4) is 0 Å². The summed E-state index contributed by atoms with van der Waals surface area (Å²) in [6.45, 7) is 8.79. The van der Waals surface area contributed by atoms with E-state index >= 15 is 0 Å². The van der Waals surface area contributed by atoms with E-state index in [0.29, 0.717) is 5.69 Å². The van der Waals surface area contributed by atoms with Crippen LogP contribution in [0, 0.1) is 0 Å². The molecule has 0 aliphatic carbocycles. The lowest BCUT2D eigenvalue weighted by Crippen LogP contribution is -2.20. The first-order valence-electron chi connectivity index (χ1n) is 5.48. The number of hydrogen-bond acceptors (Lipinski definition) is 2. The van der Waals surface area contributed by atoms with Crippen molar-refractivity contribution in [2.24, 2.45) is 0 Å². The molecule has 5 heteroatoms. The molecule has 0 spiro atoms. The normalized spacial score (nSPS) is 13.2. The first-order valence-corrected chi connectivity index (χ1v) is 5.48. The van der Waals surface area contributed by atoms with Gasteiger partial charge in [0.2, 0.25) is 0 Å². The van der Waals surface area contributed by atoms with E-state index in [2.05, 4.69) is 10.2 Å². The maximum absolute atomic E-state index is 12.9. The van der Waals surface area contributed by atoms with Crippen LogP contribution in [0.25, 0.3) is 0 Å². The lowest BCUT2D eigenvalue weighted by molar-refractivity contribution is -0.138. The molecule has 17 heavy (non-hydrogen) atoms. The van der Waals surface area contributed by atoms with Crippen molar-refractivity contribution in [3.63, 3.8) is 0 Å². The zero-order valence-corrected chi connectivity index (χ0v) is 10.7. The standard InChI is InChI=1S/C12H17F3N2/c1-7(2)10-8(12(13,14)15)6-9(16-17-10)11(3,4)5/h6-7H,1-5H3. The highest BCUT2D eigenvalue weighted by Gasteiger charge is 2.36. The predicted octanol–water partition coefficient (Wildman–Crippen LogP) is 3.92. The van der Waals surface area contributed by atoms with E-state index in [1.807, 2.05) is 20.8 Å². The zero-order chi connectivity index (χ0) is 13.4. The van der Waals surface area contributed by atoms with Crippen LogP contribution in [-0.2, 0) is 11.6 Å². The summed E-state index contributed by atoms with van der Waals surface area (Å²) in [6, 6.07) is 1.11. The van der Waals surface area contributed by atoms with E-state index in [-0.39, 0.29) is 11.6 Å². The second-order valence-corrected chi connectivity index (χ2v) is 5.43. The second kappa shape index (κ2) is 4.27. The van der Waals surface area contributed by atoms with E-state index in [0.717, 1.165) is 6.07 Å². The number of aromatic nitrogens is 2. The Morgan fingerprint density at radius 2 is 1.59 bits per heavy atom. The molecule has 1 rings (SSSR count). The minimum absolute atomic E-state index is 0.00509. The van der Waals surface area contributed by atoms with Gasteiger partial charge in [0.05, 0.1) is 17.0 Å². The van der Waals surface area contributed by atoms with Crippen molar-refractivity contribution in [1.82, 2.24) is 10.2 Å². The van der Waals surface area contributed by atoms with Crippen LogP contribution in [0.3, 0.4) is 0 Å². The average molecular weight is 246 g/mol. The number of nitrogens with zero attached hydrogens (tertiary/aromatic N) is 2. The Balaban J connectivity index is 3.41. The summed E-state index contributed by atoms with van der Waals surface area (Å²) < 4.78 is 38.7. The highest BCUT2D eigenvalue weighted by atomic mass is 19.4. The monoisotopic (exact) mass is 246 g/mol. The third-order valence-corrected chi connectivity index (χ3v) is 2.44. The van der Waals surface area contributed by atoms with Gasteiger partial charge < -0.3 is 0 Å². The first kappa shape index (κ1) is 13.9. The molecular weight excluding hydrogens is 229 g/mol. The summed E-state index contributed by atoms with van der Waals surface area (Å²) in [4.78, 5) is 0. The smallest absolute Gasteiger partial charge is 0.166 e. The Morgan fingerprint density at radius 1 is 1.06 bits per heavy atom. The summed E-state index contributed by atoms with van der Waals surface area (Å²) in [5, 5.41) is 7.64. The van der Waals surface area contributed by atoms with E-state index in [9.17, 15) is 13.2 Å². The third-order valence-electron chi connectivity index (χ3n) is 2.44. The molecule has 0 bridgehead atoms. The zero-order valence-electron chi connectivity index (χ0n) is 10.7. The van der Waals surface area contributed by atoms with E-state index in [1.54, 1.807) is 13.8 Å². The van der Waals surface area contributed by atoms with Gasteiger partial charge in [0.25, 0.3) is 0 Å². The van der Waals surface area contributed by atoms with Gasteiger partial charge >= 0.3 is 6.18 Å². The lowest BCUT2D eigenvalue weighted by Gasteiger charge is -2.20. The van der Waals surface area contributed by atoms with Crippen LogP contribution in [0.1, 0.15) is 57.5 Å². The molecule has 0 aliphatic rings. The van der Waals surface area contributed by atoms with Crippen molar-refractivity contribution in [3.05, 3.63) is 23.0 Å². The molecule has 0 radical (unpaired) electrons. The van der Waals surface area contributed by atoms with Crippen molar-refractivity contribution in [1.29, 1.82) is 0 Å². The molecule has 1 aromatic heterocycles.